The average Bonchev–Trinajstić information content (AvgIpc) is 3.00. The number of aliphatic hydroxyl groups is 1. The summed E-state index contributed by atoms with van der Waals surface area (Å²) in [6.07, 6.45) is 12.4. The van der Waals surface area contributed by atoms with Gasteiger partial charge in [-0.2, -0.15) is 0 Å². The summed E-state index contributed by atoms with van der Waals surface area (Å²) in [5.74, 6) is 0.732. The number of halogens is 1. The van der Waals surface area contributed by atoms with Crippen LogP contribution in [0.5, 0.6) is 0 Å². The summed E-state index contributed by atoms with van der Waals surface area (Å²) < 4.78 is 20.9. The second-order valence-electron chi connectivity index (χ2n) is 12.0. The molecule has 0 unspecified atom stereocenters. The Morgan fingerprint density at radius 2 is 1.60 bits per heavy atom. The van der Waals surface area contributed by atoms with Gasteiger partial charge in [-0.05, 0) is 96.7 Å². The molecule has 0 spiro atoms. The fourth-order valence-electron chi connectivity index (χ4n) is 6.29. The lowest BCUT2D eigenvalue weighted by Crippen LogP contribution is -2.16. The van der Waals surface area contributed by atoms with E-state index in [1.54, 1.807) is 13.0 Å². The highest BCUT2D eigenvalue weighted by Crippen LogP contribution is 2.40. The van der Waals surface area contributed by atoms with Crippen molar-refractivity contribution < 1.29 is 19.0 Å². The van der Waals surface area contributed by atoms with Crippen LogP contribution >= 0.6 is 0 Å². The summed E-state index contributed by atoms with van der Waals surface area (Å²) in [7, 11) is 0. The Hall–Kier alpha value is -3.24. The van der Waals surface area contributed by atoms with Gasteiger partial charge >= 0.3 is 5.97 Å². The van der Waals surface area contributed by atoms with E-state index in [9.17, 15) is 4.79 Å². The van der Waals surface area contributed by atoms with Crippen LogP contribution in [-0.4, -0.2) is 24.3 Å². The first kappa shape index (κ1) is 31.7. The predicted octanol–water partition coefficient (Wildman–Crippen LogP) is 9.60. The van der Waals surface area contributed by atoms with Gasteiger partial charge in [0.25, 0.3) is 0 Å². The monoisotopic (exact) mass is 570 g/mol. The Balaban J connectivity index is 1.53. The number of carbonyl (C=O) groups excluding carboxylic acids is 1. The largest absolute Gasteiger partial charge is 0.462 e. The zero-order valence-corrected chi connectivity index (χ0v) is 25.5. The minimum absolute atomic E-state index is 0.167. The van der Waals surface area contributed by atoms with Crippen LogP contribution in [0.3, 0.4) is 0 Å². The molecule has 0 atom stereocenters. The van der Waals surface area contributed by atoms with Crippen molar-refractivity contribution >= 4 is 5.97 Å². The molecule has 1 aliphatic carbocycles. The van der Waals surface area contributed by atoms with Gasteiger partial charge in [-0.1, -0.05) is 93.8 Å². The summed E-state index contributed by atoms with van der Waals surface area (Å²) in [4.78, 5) is 12.0. The first-order valence-electron chi connectivity index (χ1n) is 15.8. The molecule has 0 saturated heterocycles. The van der Waals surface area contributed by atoms with Crippen molar-refractivity contribution in [2.45, 2.75) is 90.4 Å². The van der Waals surface area contributed by atoms with Crippen molar-refractivity contribution in [2.75, 3.05) is 13.2 Å². The summed E-state index contributed by atoms with van der Waals surface area (Å²) in [5, 5.41) is 9.07. The molecule has 0 amide bonds. The minimum atomic E-state index is -0.362. The van der Waals surface area contributed by atoms with Gasteiger partial charge in [0.05, 0.1) is 6.61 Å². The summed E-state index contributed by atoms with van der Waals surface area (Å²) in [6, 6.07) is 19.9. The molecule has 1 saturated carbocycles. The third-order valence-electron chi connectivity index (χ3n) is 8.79. The highest BCUT2D eigenvalue weighted by atomic mass is 19.1. The fraction of sp³-hybridized carbons (Fsp3) is 0.447. The highest BCUT2D eigenvalue weighted by Gasteiger charge is 2.24. The van der Waals surface area contributed by atoms with Gasteiger partial charge in [0, 0.05) is 24.2 Å². The number of carbonyl (C=O) groups is 1. The fourth-order valence-corrected chi connectivity index (χ4v) is 6.29. The standard InChI is InChI=1S/C38H47FO3/c1-4-5-6-8-28-10-14-30(15-11-28)35-20-18-32(25-34(35)22-24-42-38(41)27(2)3)33-19-21-36(37(39)26-33)31-16-12-29(13-17-31)9-7-23-40/h12-13,16-21,25-26,28,30,40H,2,4-11,14-15,22-24H2,1,3H3. The zero-order chi connectivity index (χ0) is 29.9. The molecule has 0 aromatic heterocycles. The molecule has 4 heteroatoms. The Morgan fingerprint density at radius 3 is 2.26 bits per heavy atom. The molecule has 3 nitrogen and oxygen atoms in total. The van der Waals surface area contributed by atoms with E-state index in [0.717, 1.165) is 41.0 Å². The van der Waals surface area contributed by atoms with Gasteiger partial charge in [-0.25, -0.2) is 9.18 Å². The topological polar surface area (TPSA) is 46.5 Å². The van der Waals surface area contributed by atoms with E-state index >= 15 is 4.39 Å². The third kappa shape index (κ3) is 8.64. The first-order valence-corrected chi connectivity index (χ1v) is 15.8. The van der Waals surface area contributed by atoms with Crippen molar-refractivity contribution in [3.05, 3.63) is 95.3 Å². The number of hydrogen-bond donors (Lipinski definition) is 1. The molecule has 0 heterocycles. The second kappa shape index (κ2) is 15.8. The Bertz CT molecular complexity index is 1320. The van der Waals surface area contributed by atoms with Gasteiger partial charge < -0.3 is 9.84 Å². The maximum Gasteiger partial charge on any atom is 0.333 e. The van der Waals surface area contributed by atoms with Crippen molar-refractivity contribution in [1.82, 2.24) is 0 Å². The van der Waals surface area contributed by atoms with Gasteiger partial charge in [0.1, 0.15) is 5.82 Å². The molecule has 42 heavy (non-hydrogen) atoms. The number of unbranched alkanes of at least 4 members (excludes halogenated alkanes) is 2. The van der Waals surface area contributed by atoms with Crippen LogP contribution in [0.4, 0.5) is 4.39 Å². The van der Waals surface area contributed by atoms with E-state index in [0.29, 0.717) is 30.1 Å². The van der Waals surface area contributed by atoms with Crippen LogP contribution in [0.1, 0.15) is 94.2 Å². The number of rotatable bonds is 14. The molecule has 3 aromatic carbocycles. The molecule has 1 fully saturated rings. The van der Waals surface area contributed by atoms with Gasteiger partial charge in [-0.3, -0.25) is 0 Å². The van der Waals surface area contributed by atoms with Crippen LogP contribution in [0.15, 0.2) is 72.8 Å². The molecule has 3 aromatic rings. The summed E-state index contributed by atoms with van der Waals surface area (Å²) in [6.45, 7) is 8.09. The summed E-state index contributed by atoms with van der Waals surface area (Å²) in [5.41, 5.74) is 7.28. The quantitative estimate of drug-likeness (QED) is 0.119. The number of ether oxygens (including phenoxy) is 1. The number of esters is 1. The van der Waals surface area contributed by atoms with E-state index in [2.05, 4.69) is 31.7 Å². The molecule has 1 aliphatic rings. The lowest BCUT2D eigenvalue weighted by Gasteiger charge is -2.30. The SMILES string of the molecule is C=C(C)C(=O)OCCc1cc(-c2ccc(-c3ccc(CCCO)cc3)c(F)c2)ccc1C1CCC(CCCCC)CC1. The number of hydrogen-bond acceptors (Lipinski definition) is 3. The van der Waals surface area contributed by atoms with Gasteiger partial charge in [0.2, 0.25) is 0 Å². The highest BCUT2D eigenvalue weighted by molar-refractivity contribution is 5.86. The molecule has 0 radical (unpaired) electrons. The number of aryl methyl sites for hydroxylation is 1. The molecule has 224 valence electrons. The number of benzene rings is 3. The third-order valence-corrected chi connectivity index (χ3v) is 8.79. The van der Waals surface area contributed by atoms with Crippen LogP contribution < -0.4 is 0 Å². The average molecular weight is 571 g/mol. The second-order valence-corrected chi connectivity index (χ2v) is 12.0. The van der Waals surface area contributed by atoms with Crippen molar-refractivity contribution in [2.24, 2.45) is 5.92 Å². The van der Waals surface area contributed by atoms with E-state index in [-0.39, 0.29) is 18.4 Å². The van der Waals surface area contributed by atoms with E-state index in [1.165, 1.54) is 62.5 Å². The Morgan fingerprint density at radius 1 is 0.905 bits per heavy atom. The Labute approximate surface area is 251 Å². The van der Waals surface area contributed by atoms with Crippen LogP contribution in [0.2, 0.25) is 0 Å². The molecule has 4 rings (SSSR count). The van der Waals surface area contributed by atoms with E-state index in [1.807, 2.05) is 36.4 Å². The van der Waals surface area contributed by atoms with E-state index in [4.69, 9.17) is 9.84 Å². The van der Waals surface area contributed by atoms with Crippen molar-refractivity contribution in [1.29, 1.82) is 0 Å². The van der Waals surface area contributed by atoms with E-state index < -0.39 is 0 Å². The van der Waals surface area contributed by atoms with Crippen molar-refractivity contribution in [3.63, 3.8) is 0 Å². The molecular weight excluding hydrogens is 523 g/mol. The Kier molecular flexibility index (Phi) is 12.0. The molecular formula is C38H47FO3. The minimum Gasteiger partial charge on any atom is -0.462 e. The predicted molar refractivity (Wildman–Crippen MR) is 171 cm³/mol. The smallest absolute Gasteiger partial charge is 0.333 e. The molecule has 1 N–H and O–H groups in total. The maximum atomic E-state index is 15.4. The van der Waals surface area contributed by atoms with Crippen LogP contribution in [0, 0.1) is 11.7 Å². The lowest BCUT2D eigenvalue weighted by atomic mass is 9.75. The lowest BCUT2D eigenvalue weighted by molar-refractivity contribution is -0.138. The summed E-state index contributed by atoms with van der Waals surface area (Å²) >= 11 is 0. The van der Waals surface area contributed by atoms with Crippen molar-refractivity contribution in [3.8, 4) is 22.3 Å². The molecule has 0 aliphatic heterocycles. The normalized spacial score (nSPS) is 16.8. The van der Waals surface area contributed by atoms with Crippen LogP contribution in [0.25, 0.3) is 22.3 Å². The van der Waals surface area contributed by atoms with Gasteiger partial charge in [0.15, 0.2) is 0 Å². The first-order chi connectivity index (χ1) is 20.4. The number of aliphatic hydroxyl groups excluding tert-OH is 1. The van der Waals surface area contributed by atoms with Gasteiger partial charge in [-0.15, -0.1) is 0 Å². The zero-order valence-electron chi connectivity index (χ0n) is 25.5. The maximum absolute atomic E-state index is 15.4. The van der Waals surface area contributed by atoms with Crippen LogP contribution in [-0.2, 0) is 22.4 Å². The molecule has 0 bridgehead atoms.